The van der Waals surface area contributed by atoms with Crippen molar-refractivity contribution >= 4 is 11.6 Å². The van der Waals surface area contributed by atoms with Crippen LogP contribution in [0.1, 0.15) is 6.92 Å². The van der Waals surface area contributed by atoms with Crippen LogP contribution < -0.4 is 14.8 Å². The largest absolute Gasteiger partial charge is 0.493 e. The van der Waals surface area contributed by atoms with Gasteiger partial charge in [-0.3, -0.25) is 4.79 Å². The third-order valence-electron chi connectivity index (χ3n) is 4.62. The molecule has 4 aromatic rings. The summed E-state index contributed by atoms with van der Waals surface area (Å²) in [6.45, 7) is 1.67. The summed E-state index contributed by atoms with van der Waals surface area (Å²) in [5.74, 6) is 1.52. The van der Waals surface area contributed by atoms with Crippen molar-refractivity contribution in [3.63, 3.8) is 0 Å². The van der Waals surface area contributed by atoms with E-state index in [4.69, 9.17) is 14.0 Å². The highest BCUT2D eigenvalue weighted by atomic mass is 16.5. The maximum Gasteiger partial charge on any atom is 0.265 e. The summed E-state index contributed by atoms with van der Waals surface area (Å²) in [6.07, 6.45) is -0.757. The van der Waals surface area contributed by atoms with Crippen molar-refractivity contribution in [2.45, 2.75) is 13.0 Å². The van der Waals surface area contributed by atoms with Crippen molar-refractivity contribution < 1.29 is 18.8 Å². The summed E-state index contributed by atoms with van der Waals surface area (Å²) in [4.78, 5) is 17.3. The lowest BCUT2D eigenvalue weighted by Crippen LogP contribution is -2.30. The van der Waals surface area contributed by atoms with Crippen molar-refractivity contribution in [3.05, 3.63) is 78.9 Å². The Kier molecular flexibility index (Phi) is 5.93. The van der Waals surface area contributed by atoms with Crippen LogP contribution in [-0.2, 0) is 4.79 Å². The summed E-state index contributed by atoms with van der Waals surface area (Å²) in [6, 6.07) is 23.9. The number of anilines is 1. The second-order valence-corrected chi connectivity index (χ2v) is 6.73. The molecule has 1 heterocycles. The molecule has 7 nitrogen and oxygen atoms in total. The standard InChI is InChI=1S/C24H21N3O4/c1-16(30-21-15-9-8-14-20(21)29-2)23(28)25-19-13-7-6-12-18(19)24-26-22(27-31-24)17-10-4-3-5-11-17/h3-16H,1-2H3,(H,25,28)/t16-/m1/s1. The zero-order valence-corrected chi connectivity index (χ0v) is 17.1. The fraction of sp³-hybridized carbons (Fsp3) is 0.125. The van der Waals surface area contributed by atoms with Crippen molar-refractivity contribution in [2.75, 3.05) is 12.4 Å². The van der Waals surface area contributed by atoms with Crippen LogP contribution in [0.3, 0.4) is 0 Å². The van der Waals surface area contributed by atoms with E-state index in [1.165, 1.54) is 0 Å². The smallest absolute Gasteiger partial charge is 0.265 e. The van der Waals surface area contributed by atoms with Gasteiger partial charge in [0, 0.05) is 5.56 Å². The first-order chi connectivity index (χ1) is 15.2. The highest BCUT2D eigenvalue weighted by Gasteiger charge is 2.20. The van der Waals surface area contributed by atoms with E-state index in [1.54, 1.807) is 32.2 Å². The van der Waals surface area contributed by atoms with Crippen molar-refractivity contribution in [1.82, 2.24) is 10.1 Å². The number of methoxy groups -OCH3 is 1. The number of para-hydroxylation sites is 3. The zero-order chi connectivity index (χ0) is 21.6. The molecule has 0 fully saturated rings. The summed E-state index contributed by atoms with van der Waals surface area (Å²) >= 11 is 0. The summed E-state index contributed by atoms with van der Waals surface area (Å²) in [7, 11) is 1.55. The number of nitrogens with one attached hydrogen (secondary N) is 1. The molecule has 0 radical (unpaired) electrons. The van der Waals surface area contributed by atoms with Gasteiger partial charge in [-0.15, -0.1) is 0 Å². The molecule has 0 bridgehead atoms. The SMILES string of the molecule is COc1ccccc1O[C@H](C)C(=O)Nc1ccccc1-c1nc(-c2ccccc2)no1. The first kappa shape index (κ1) is 20.2. The number of rotatable bonds is 7. The molecule has 1 aromatic heterocycles. The molecular weight excluding hydrogens is 394 g/mol. The predicted octanol–water partition coefficient (Wildman–Crippen LogP) is 4.82. The first-order valence-electron chi connectivity index (χ1n) is 9.75. The van der Waals surface area contributed by atoms with Gasteiger partial charge in [-0.1, -0.05) is 59.8 Å². The summed E-state index contributed by atoms with van der Waals surface area (Å²) in [5.41, 5.74) is 2.01. The number of hydrogen-bond donors (Lipinski definition) is 1. The number of aromatic nitrogens is 2. The highest BCUT2D eigenvalue weighted by Crippen LogP contribution is 2.30. The Morgan fingerprint density at radius 3 is 2.39 bits per heavy atom. The molecule has 0 aliphatic rings. The number of carbonyl (C=O) groups is 1. The molecule has 156 valence electrons. The van der Waals surface area contributed by atoms with Crippen LogP contribution in [0, 0.1) is 0 Å². The van der Waals surface area contributed by atoms with E-state index in [0.717, 1.165) is 5.56 Å². The Labute approximate surface area is 179 Å². The van der Waals surface area contributed by atoms with Gasteiger partial charge in [-0.2, -0.15) is 4.98 Å². The molecule has 4 rings (SSSR count). The average Bonchev–Trinajstić information content (AvgIpc) is 3.30. The number of amides is 1. The van der Waals surface area contributed by atoms with Crippen molar-refractivity contribution in [1.29, 1.82) is 0 Å². The number of hydrogen-bond acceptors (Lipinski definition) is 6. The number of carbonyl (C=O) groups excluding carboxylic acids is 1. The monoisotopic (exact) mass is 415 g/mol. The Morgan fingerprint density at radius 1 is 0.935 bits per heavy atom. The normalized spacial score (nSPS) is 11.5. The van der Waals surface area contributed by atoms with Crippen LogP contribution >= 0.6 is 0 Å². The van der Waals surface area contributed by atoms with Crippen LogP contribution in [0.5, 0.6) is 11.5 Å². The predicted molar refractivity (Wildman–Crippen MR) is 117 cm³/mol. The van der Waals surface area contributed by atoms with E-state index in [9.17, 15) is 4.79 Å². The number of nitrogens with zero attached hydrogens (tertiary/aromatic N) is 2. The van der Waals surface area contributed by atoms with E-state index >= 15 is 0 Å². The van der Waals surface area contributed by atoms with Gasteiger partial charge < -0.3 is 19.3 Å². The van der Waals surface area contributed by atoms with Crippen LogP contribution in [0.4, 0.5) is 5.69 Å². The second kappa shape index (κ2) is 9.13. The molecule has 0 saturated heterocycles. The van der Waals surface area contributed by atoms with Crippen LogP contribution in [0.25, 0.3) is 22.8 Å². The molecule has 1 amide bonds. The van der Waals surface area contributed by atoms with E-state index < -0.39 is 6.10 Å². The Balaban J connectivity index is 1.52. The Morgan fingerprint density at radius 2 is 1.61 bits per heavy atom. The van der Waals surface area contributed by atoms with E-state index in [1.807, 2.05) is 60.7 Å². The lowest BCUT2D eigenvalue weighted by Gasteiger charge is -2.17. The minimum Gasteiger partial charge on any atom is -0.493 e. The van der Waals surface area contributed by atoms with Gasteiger partial charge in [0.15, 0.2) is 17.6 Å². The van der Waals surface area contributed by atoms with Gasteiger partial charge in [-0.05, 0) is 31.2 Å². The van der Waals surface area contributed by atoms with Crippen LogP contribution in [0.15, 0.2) is 83.4 Å². The maximum atomic E-state index is 12.8. The average molecular weight is 415 g/mol. The number of benzene rings is 3. The lowest BCUT2D eigenvalue weighted by atomic mass is 10.1. The Hall–Kier alpha value is -4.13. The molecule has 0 aliphatic heterocycles. The fourth-order valence-corrected chi connectivity index (χ4v) is 3.01. The number of ether oxygens (including phenoxy) is 2. The van der Waals surface area contributed by atoms with Gasteiger partial charge in [0.05, 0.1) is 18.4 Å². The quantitative estimate of drug-likeness (QED) is 0.466. The van der Waals surface area contributed by atoms with Crippen LogP contribution in [0.2, 0.25) is 0 Å². The maximum absolute atomic E-state index is 12.8. The Bertz CT molecular complexity index is 1170. The van der Waals surface area contributed by atoms with E-state index in [-0.39, 0.29) is 5.91 Å². The molecule has 0 saturated carbocycles. The van der Waals surface area contributed by atoms with Crippen molar-refractivity contribution in [3.8, 4) is 34.3 Å². The molecule has 7 heteroatoms. The molecule has 3 aromatic carbocycles. The van der Waals surface area contributed by atoms with Gasteiger partial charge in [0.1, 0.15) is 0 Å². The molecule has 0 aliphatic carbocycles. The van der Waals surface area contributed by atoms with Gasteiger partial charge in [-0.25, -0.2) is 0 Å². The topological polar surface area (TPSA) is 86.5 Å². The minimum absolute atomic E-state index is 0.313. The lowest BCUT2D eigenvalue weighted by molar-refractivity contribution is -0.122. The second-order valence-electron chi connectivity index (χ2n) is 6.73. The third kappa shape index (κ3) is 4.56. The minimum atomic E-state index is -0.757. The molecular formula is C24H21N3O4. The first-order valence-corrected chi connectivity index (χ1v) is 9.75. The molecule has 1 atom stereocenters. The van der Waals surface area contributed by atoms with E-state index in [0.29, 0.717) is 34.5 Å². The third-order valence-corrected chi connectivity index (χ3v) is 4.62. The van der Waals surface area contributed by atoms with Gasteiger partial charge in [0.2, 0.25) is 5.82 Å². The van der Waals surface area contributed by atoms with Gasteiger partial charge >= 0.3 is 0 Å². The van der Waals surface area contributed by atoms with Crippen molar-refractivity contribution in [2.24, 2.45) is 0 Å². The molecule has 0 unspecified atom stereocenters. The zero-order valence-electron chi connectivity index (χ0n) is 17.1. The fourth-order valence-electron chi connectivity index (χ4n) is 3.01. The van der Waals surface area contributed by atoms with Gasteiger partial charge in [0.25, 0.3) is 11.8 Å². The summed E-state index contributed by atoms with van der Waals surface area (Å²) < 4.78 is 16.5. The van der Waals surface area contributed by atoms with Crippen LogP contribution in [-0.4, -0.2) is 29.3 Å². The van der Waals surface area contributed by atoms with E-state index in [2.05, 4.69) is 15.5 Å². The molecule has 1 N–H and O–H groups in total. The summed E-state index contributed by atoms with van der Waals surface area (Å²) in [5, 5.41) is 6.94. The highest BCUT2D eigenvalue weighted by molar-refractivity contribution is 5.97. The molecule has 0 spiro atoms. The molecule has 31 heavy (non-hydrogen) atoms.